The van der Waals surface area contributed by atoms with Crippen LogP contribution in [0.2, 0.25) is 0 Å². The molecule has 0 saturated heterocycles. The van der Waals surface area contributed by atoms with Crippen LogP contribution >= 0.6 is 11.8 Å². The summed E-state index contributed by atoms with van der Waals surface area (Å²) >= 11 is 1.32. The van der Waals surface area contributed by atoms with Gasteiger partial charge in [-0.15, -0.1) is 10.2 Å². The molecule has 10 heteroatoms. The van der Waals surface area contributed by atoms with Gasteiger partial charge in [-0.1, -0.05) is 11.8 Å². The van der Waals surface area contributed by atoms with E-state index in [4.69, 9.17) is 14.2 Å². The summed E-state index contributed by atoms with van der Waals surface area (Å²) in [5.41, 5.74) is 2.10. The summed E-state index contributed by atoms with van der Waals surface area (Å²) in [4.78, 5) is 12.4. The second-order valence-corrected chi connectivity index (χ2v) is 7.60. The fraction of sp³-hybridized carbons (Fsp3) is 0.182. The van der Waals surface area contributed by atoms with Crippen LogP contribution in [0.3, 0.4) is 0 Å². The fourth-order valence-electron chi connectivity index (χ4n) is 3.02. The lowest BCUT2D eigenvalue weighted by molar-refractivity contribution is -0.113. The van der Waals surface area contributed by atoms with E-state index in [9.17, 15) is 4.79 Å². The number of hydrogen-bond acceptors (Lipinski definition) is 8. The van der Waals surface area contributed by atoms with Gasteiger partial charge in [0.25, 0.3) is 0 Å². The molecule has 1 N–H and O–H groups in total. The summed E-state index contributed by atoms with van der Waals surface area (Å²) in [5.74, 6) is 2.53. The van der Waals surface area contributed by atoms with E-state index in [1.54, 1.807) is 44.0 Å². The van der Waals surface area contributed by atoms with Gasteiger partial charge >= 0.3 is 0 Å². The van der Waals surface area contributed by atoms with Crippen LogP contribution in [0, 0.1) is 0 Å². The van der Waals surface area contributed by atoms with E-state index >= 15 is 0 Å². The number of ether oxygens (including phenoxy) is 3. The first-order valence-corrected chi connectivity index (χ1v) is 10.6. The van der Waals surface area contributed by atoms with Gasteiger partial charge in [-0.25, -0.2) is 0 Å². The number of aromatic nitrogens is 4. The highest BCUT2D eigenvalue weighted by atomic mass is 32.2. The number of nitrogens with zero attached hydrogens (tertiary/aromatic N) is 4. The molecule has 32 heavy (non-hydrogen) atoms. The zero-order chi connectivity index (χ0) is 22.5. The molecule has 0 bridgehead atoms. The van der Waals surface area contributed by atoms with E-state index < -0.39 is 0 Å². The summed E-state index contributed by atoms with van der Waals surface area (Å²) < 4.78 is 17.3. The SMILES string of the molecule is COc1ccc(-c2nnc3ccc(SCC(=O)Nc4ccc(OC)c(OC)c4)nn23)cc1. The van der Waals surface area contributed by atoms with Crippen molar-refractivity contribution in [1.29, 1.82) is 0 Å². The summed E-state index contributed by atoms with van der Waals surface area (Å²) in [6, 6.07) is 16.3. The quantitative estimate of drug-likeness (QED) is 0.406. The zero-order valence-electron chi connectivity index (χ0n) is 17.7. The van der Waals surface area contributed by atoms with Crippen molar-refractivity contribution in [2.45, 2.75) is 5.03 Å². The smallest absolute Gasteiger partial charge is 0.234 e. The van der Waals surface area contributed by atoms with Crippen molar-refractivity contribution < 1.29 is 19.0 Å². The third-order valence-electron chi connectivity index (χ3n) is 4.61. The Bertz CT molecular complexity index is 1240. The van der Waals surface area contributed by atoms with Crippen molar-refractivity contribution in [3.05, 3.63) is 54.6 Å². The molecule has 9 nitrogen and oxygen atoms in total. The number of thioether (sulfide) groups is 1. The second kappa shape index (κ2) is 9.56. The molecule has 0 radical (unpaired) electrons. The first-order chi connectivity index (χ1) is 15.6. The maximum Gasteiger partial charge on any atom is 0.234 e. The van der Waals surface area contributed by atoms with Gasteiger partial charge in [0, 0.05) is 17.3 Å². The molecular weight excluding hydrogens is 430 g/mol. The summed E-state index contributed by atoms with van der Waals surface area (Å²) in [5, 5.41) is 16.5. The molecule has 2 aromatic carbocycles. The van der Waals surface area contributed by atoms with Crippen molar-refractivity contribution in [3.8, 4) is 28.6 Å². The van der Waals surface area contributed by atoms with Crippen molar-refractivity contribution in [3.63, 3.8) is 0 Å². The highest BCUT2D eigenvalue weighted by Gasteiger charge is 2.12. The van der Waals surface area contributed by atoms with E-state index in [1.165, 1.54) is 11.8 Å². The molecule has 1 amide bonds. The molecule has 0 unspecified atom stereocenters. The number of amides is 1. The van der Waals surface area contributed by atoms with Gasteiger partial charge in [0.2, 0.25) is 5.91 Å². The van der Waals surface area contributed by atoms with Crippen LogP contribution in [0.15, 0.2) is 59.6 Å². The Morgan fingerprint density at radius 1 is 0.938 bits per heavy atom. The Morgan fingerprint density at radius 3 is 2.44 bits per heavy atom. The van der Waals surface area contributed by atoms with Crippen LogP contribution in [-0.2, 0) is 4.79 Å². The molecule has 0 spiro atoms. The number of fused-ring (bicyclic) bond motifs is 1. The van der Waals surface area contributed by atoms with Gasteiger partial charge in [0.1, 0.15) is 10.8 Å². The minimum Gasteiger partial charge on any atom is -0.497 e. The molecule has 0 saturated carbocycles. The molecule has 4 rings (SSSR count). The van der Waals surface area contributed by atoms with Gasteiger partial charge < -0.3 is 19.5 Å². The Morgan fingerprint density at radius 2 is 1.72 bits per heavy atom. The predicted molar refractivity (Wildman–Crippen MR) is 122 cm³/mol. The minimum atomic E-state index is -0.164. The summed E-state index contributed by atoms with van der Waals surface area (Å²) in [7, 11) is 4.73. The van der Waals surface area contributed by atoms with Crippen LogP contribution in [-0.4, -0.2) is 52.8 Å². The molecule has 4 aromatic rings. The average molecular weight is 452 g/mol. The molecule has 0 atom stereocenters. The molecule has 2 aromatic heterocycles. The Hall–Kier alpha value is -3.79. The van der Waals surface area contributed by atoms with Crippen LogP contribution in [0.1, 0.15) is 0 Å². The number of nitrogens with one attached hydrogen (secondary N) is 1. The highest BCUT2D eigenvalue weighted by Crippen LogP contribution is 2.30. The Labute approximate surface area is 188 Å². The maximum atomic E-state index is 12.4. The minimum absolute atomic E-state index is 0.164. The standard InChI is InChI=1S/C22H21N5O4S/c1-29-16-7-4-14(5-8-16)22-25-24-19-10-11-21(26-27(19)22)32-13-20(28)23-15-6-9-17(30-2)18(12-15)31-3/h4-12H,13H2,1-3H3,(H,23,28). The third kappa shape index (κ3) is 4.59. The lowest BCUT2D eigenvalue weighted by atomic mass is 10.2. The second-order valence-electron chi connectivity index (χ2n) is 6.60. The number of carbonyl (C=O) groups is 1. The molecule has 0 fully saturated rings. The van der Waals surface area contributed by atoms with E-state index in [2.05, 4.69) is 20.6 Å². The monoisotopic (exact) mass is 451 g/mol. The first-order valence-electron chi connectivity index (χ1n) is 9.63. The van der Waals surface area contributed by atoms with Crippen molar-refractivity contribution in [2.24, 2.45) is 0 Å². The Balaban J connectivity index is 1.45. The number of hydrogen-bond donors (Lipinski definition) is 1. The third-order valence-corrected chi connectivity index (χ3v) is 5.53. The zero-order valence-corrected chi connectivity index (χ0v) is 18.5. The van der Waals surface area contributed by atoms with Gasteiger partial charge in [-0.2, -0.15) is 9.61 Å². The van der Waals surface area contributed by atoms with Gasteiger partial charge in [0.15, 0.2) is 23.0 Å². The normalized spacial score (nSPS) is 10.7. The van der Waals surface area contributed by atoms with Crippen LogP contribution < -0.4 is 19.5 Å². The van der Waals surface area contributed by atoms with E-state index in [-0.39, 0.29) is 11.7 Å². The number of carbonyl (C=O) groups excluding carboxylic acids is 1. The molecule has 0 aliphatic heterocycles. The van der Waals surface area contributed by atoms with Crippen molar-refractivity contribution in [1.82, 2.24) is 19.8 Å². The predicted octanol–water partition coefficient (Wildman–Crippen LogP) is 3.55. The van der Waals surface area contributed by atoms with Gasteiger partial charge in [-0.3, -0.25) is 4.79 Å². The molecule has 2 heterocycles. The average Bonchev–Trinajstić information content (AvgIpc) is 3.26. The fourth-order valence-corrected chi connectivity index (χ4v) is 3.67. The number of benzene rings is 2. The van der Waals surface area contributed by atoms with E-state index in [0.29, 0.717) is 33.7 Å². The van der Waals surface area contributed by atoms with Crippen molar-refractivity contribution in [2.75, 3.05) is 32.4 Å². The molecule has 0 aliphatic carbocycles. The number of anilines is 1. The molecule has 164 valence electrons. The van der Waals surface area contributed by atoms with Gasteiger partial charge in [-0.05, 0) is 48.5 Å². The maximum absolute atomic E-state index is 12.4. The Kier molecular flexibility index (Phi) is 6.41. The van der Waals surface area contributed by atoms with Gasteiger partial charge in [0.05, 0.1) is 27.1 Å². The van der Waals surface area contributed by atoms with E-state index in [1.807, 2.05) is 36.4 Å². The van der Waals surface area contributed by atoms with Crippen LogP contribution in [0.4, 0.5) is 5.69 Å². The lowest BCUT2D eigenvalue weighted by Gasteiger charge is -2.10. The lowest BCUT2D eigenvalue weighted by Crippen LogP contribution is -2.14. The van der Waals surface area contributed by atoms with Crippen LogP contribution in [0.5, 0.6) is 17.2 Å². The molecular formula is C22H21N5O4S. The highest BCUT2D eigenvalue weighted by molar-refractivity contribution is 7.99. The number of rotatable bonds is 8. The summed E-state index contributed by atoms with van der Waals surface area (Å²) in [6.07, 6.45) is 0. The molecule has 0 aliphatic rings. The topological polar surface area (TPSA) is 99.9 Å². The summed E-state index contributed by atoms with van der Waals surface area (Å²) in [6.45, 7) is 0. The first kappa shape index (κ1) is 21.4. The largest absolute Gasteiger partial charge is 0.497 e. The van der Waals surface area contributed by atoms with Crippen LogP contribution in [0.25, 0.3) is 17.0 Å². The van der Waals surface area contributed by atoms with E-state index in [0.717, 1.165) is 11.3 Å². The van der Waals surface area contributed by atoms with Crippen molar-refractivity contribution >= 4 is 29.0 Å². The number of methoxy groups -OCH3 is 3.